The molecule has 0 bridgehead atoms. The lowest BCUT2D eigenvalue weighted by Gasteiger charge is -2.22. The summed E-state index contributed by atoms with van der Waals surface area (Å²) in [5.74, 6) is -0.849. The zero-order valence-electron chi connectivity index (χ0n) is 8.81. The van der Waals surface area contributed by atoms with E-state index in [4.69, 9.17) is 9.84 Å². The van der Waals surface area contributed by atoms with Gasteiger partial charge in [-0.15, -0.1) is 11.3 Å². The molecule has 1 unspecified atom stereocenters. The molecular formula is C10H14N2O3S. The van der Waals surface area contributed by atoms with E-state index in [-0.39, 0.29) is 6.42 Å². The number of hydrogen-bond donors (Lipinski definition) is 2. The molecule has 1 aromatic heterocycles. The van der Waals surface area contributed by atoms with Gasteiger partial charge in [0.25, 0.3) is 0 Å². The summed E-state index contributed by atoms with van der Waals surface area (Å²) >= 11 is 1.44. The number of anilines is 1. The second kappa shape index (κ2) is 5.27. The molecule has 1 aromatic rings. The first-order chi connectivity index (χ1) is 7.74. The number of aliphatic carboxylic acids is 1. The van der Waals surface area contributed by atoms with Crippen molar-refractivity contribution in [1.29, 1.82) is 0 Å². The molecule has 0 amide bonds. The zero-order valence-corrected chi connectivity index (χ0v) is 9.63. The number of thiazole rings is 1. The van der Waals surface area contributed by atoms with Crippen molar-refractivity contribution in [3.8, 4) is 0 Å². The van der Waals surface area contributed by atoms with Gasteiger partial charge in [-0.3, -0.25) is 4.79 Å². The summed E-state index contributed by atoms with van der Waals surface area (Å²) in [6.45, 7) is 1.54. The molecule has 0 spiro atoms. The van der Waals surface area contributed by atoms with Gasteiger partial charge in [-0.2, -0.15) is 0 Å². The predicted octanol–water partition coefficient (Wildman–Crippen LogP) is 1.36. The van der Waals surface area contributed by atoms with Gasteiger partial charge in [0.05, 0.1) is 24.8 Å². The van der Waals surface area contributed by atoms with Gasteiger partial charge in [0.15, 0.2) is 5.13 Å². The quantitative estimate of drug-likeness (QED) is 0.834. The Bertz CT molecular complexity index is 361. The summed E-state index contributed by atoms with van der Waals surface area (Å²) in [7, 11) is 0. The highest BCUT2D eigenvalue weighted by Gasteiger charge is 2.15. The Labute approximate surface area is 97.5 Å². The Hall–Kier alpha value is -1.14. The van der Waals surface area contributed by atoms with Crippen LogP contribution in [0, 0.1) is 0 Å². The lowest BCUT2D eigenvalue weighted by Crippen LogP contribution is -2.29. The number of ether oxygens (including phenoxy) is 1. The number of nitrogens with one attached hydrogen (secondary N) is 1. The minimum Gasteiger partial charge on any atom is -0.481 e. The van der Waals surface area contributed by atoms with Gasteiger partial charge in [-0.05, 0) is 12.8 Å². The average molecular weight is 242 g/mol. The molecule has 2 N–H and O–H groups in total. The third kappa shape index (κ3) is 3.18. The van der Waals surface area contributed by atoms with Crippen LogP contribution in [0.25, 0.3) is 0 Å². The van der Waals surface area contributed by atoms with Crippen molar-refractivity contribution in [1.82, 2.24) is 4.98 Å². The molecule has 0 aromatic carbocycles. The molecule has 0 saturated carbocycles. The third-order valence-electron chi connectivity index (χ3n) is 2.37. The highest BCUT2D eigenvalue weighted by Crippen LogP contribution is 2.19. The minimum atomic E-state index is -0.849. The highest BCUT2D eigenvalue weighted by molar-refractivity contribution is 7.13. The first-order valence-corrected chi connectivity index (χ1v) is 6.12. The molecule has 1 aliphatic heterocycles. The number of nitrogens with zero attached hydrogens (tertiary/aromatic N) is 1. The fourth-order valence-electron chi connectivity index (χ4n) is 1.64. The van der Waals surface area contributed by atoms with Gasteiger partial charge >= 0.3 is 5.97 Å². The first kappa shape index (κ1) is 11.3. The Morgan fingerprint density at radius 3 is 3.31 bits per heavy atom. The average Bonchev–Trinajstić information content (AvgIpc) is 2.66. The SMILES string of the molecule is O=C(O)Cc1csc(NC2CCCOC2)n1. The van der Waals surface area contributed by atoms with E-state index in [1.54, 1.807) is 5.38 Å². The van der Waals surface area contributed by atoms with Crippen molar-refractivity contribution in [2.75, 3.05) is 18.5 Å². The topological polar surface area (TPSA) is 71.5 Å². The van der Waals surface area contributed by atoms with E-state index in [0.717, 1.165) is 24.6 Å². The van der Waals surface area contributed by atoms with Crippen molar-refractivity contribution in [3.63, 3.8) is 0 Å². The molecule has 1 fully saturated rings. The van der Waals surface area contributed by atoms with Crippen LogP contribution >= 0.6 is 11.3 Å². The van der Waals surface area contributed by atoms with Gasteiger partial charge < -0.3 is 15.2 Å². The molecule has 1 aliphatic rings. The smallest absolute Gasteiger partial charge is 0.309 e. The summed E-state index contributed by atoms with van der Waals surface area (Å²) in [6.07, 6.45) is 2.12. The van der Waals surface area contributed by atoms with E-state index in [9.17, 15) is 4.79 Å². The fraction of sp³-hybridized carbons (Fsp3) is 0.600. The molecule has 0 aliphatic carbocycles. The van der Waals surface area contributed by atoms with Crippen molar-refractivity contribution >= 4 is 22.4 Å². The van der Waals surface area contributed by atoms with Gasteiger partial charge in [0, 0.05) is 12.0 Å². The summed E-state index contributed by atoms with van der Waals surface area (Å²) in [5, 5.41) is 14.4. The molecule has 88 valence electrons. The van der Waals surface area contributed by atoms with Gasteiger partial charge in [0.1, 0.15) is 0 Å². The van der Waals surface area contributed by atoms with Crippen LogP contribution in [0.5, 0.6) is 0 Å². The Morgan fingerprint density at radius 2 is 2.62 bits per heavy atom. The first-order valence-electron chi connectivity index (χ1n) is 5.24. The van der Waals surface area contributed by atoms with Crippen molar-refractivity contribution in [3.05, 3.63) is 11.1 Å². The van der Waals surface area contributed by atoms with Gasteiger partial charge in [0.2, 0.25) is 0 Å². The zero-order chi connectivity index (χ0) is 11.4. The van der Waals surface area contributed by atoms with Crippen molar-refractivity contribution in [2.45, 2.75) is 25.3 Å². The van der Waals surface area contributed by atoms with Gasteiger partial charge in [-0.1, -0.05) is 0 Å². The maximum Gasteiger partial charge on any atom is 0.309 e. The van der Waals surface area contributed by atoms with Gasteiger partial charge in [-0.25, -0.2) is 4.98 Å². The largest absolute Gasteiger partial charge is 0.481 e. The van der Waals surface area contributed by atoms with E-state index in [0.29, 0.717) is 18.3 Å². The fourth-order valence-corrected chi connectivity index (χ4v) is 2.43. The molecule has 16 heavy (non-hydrogen) atoms. The molecule has 1 atom stereocenters. The number of carboxylic acids is 1. The van der Waals surface area contributed by atoms with Crippen LogP contribution in [0.4, 0.5) is 5.13 Å². The van der Waals surface area contributed by atoms with Crippen LogP contribution in [0.2, 0.25) is 0 Å². The maximum atomic E-state index is 10.5. The Balaban J connectivity index is 1.88. The Morgan fingerprint density at radius 1 is 1.75 bits per heavy atom. The van der Waals surface area contributed by atoms with Crippen LogP contribution in [0.3, 0.4) is 0 Å². The molecule has 6 heteroatoms. The molecule has 2 rings (SSSR count). The van der Waals surface area contributed by atoms with E-state index >= 15 is 0 Å². The van der Waals surface area contributed by atoms with E-state index in [1.165, 1.54) is 11.3 Å². The second-order valence-corrected chi connectivity index (χ2v) is 4.63. The van der Waals surface area contributed by atoms with E-state index in [2.05, 4.69) is 10.3 Å². The maximum absolute atomic E-state index is 10.5. The molecule has 0 radical (unpaired) electrons. The monoisotopic (exact) mass is 242 g/mol. The van der Waals surface area contributed by atoms with Crippen LogP contribution in [-0.4, -0.2) is 35.3 Å². The third-order valence-corrected chi connectivity index (χ3v) is 3.19. The molecule has 1 saturated heterocycles. The molecule has 2 heterocycles. The Kier molecular flexibility index (Phi) is 3.74. The summed E-state index contributed by atoms with van der Waals surface area (Å²) in [4.78, 5) is 14.7. The minimum absolute atomic E-state index is 0.0145. The van der Waals surface area contributed by atoms with Crippen LogP contribution in [0.1, 0.15) is 18.5 Å². The highest BCUT2D eigenvalue weighted by atomic mass is 32.1. The summed E-state index contributed by atoms with van der Waals surface area (Å²) < 4.78 is 5.35. The number of rotatable bonds is 4. The molecule has 5 nitrogen and oxygen atoms in total. The number of carboxylic acid groups (broad SMARTS) is 1. The summed E-state index contributed by atoms with van der Waals surface area (Å²) in [6, 6.07) is 0.303. The van der Waals surface area contributed by atoms with Crippen molar-refractivity contribution in [2.24, 2.45) is 0 Å². The lowest BCUT2D eigenvalue weighted by molar-refractivity contribution is -0.136. The van der Waals surface area contributed by atoms with Crippen LogP contribution in [0.15, 0.2) is 5.38 Å². The number of carbonyl (C=O) groups is 1. The second-order valence-electron chi connectivity index (χ2n) is 3.77. The lowest BCUT2D eigenvalue weighted by atomic mass is 10.1. The number of hydrogen-bond acceptors (Lipinski definition) is 5. The van der Waals surface area contributed by atoms with E-state index < -0.39 is 5.97 Å². The predicted molar refractivity (Wildman–Crippen MR) is 60.9 cm³/mol. The van der Waals surface area contributed by atoms with E-state index in [1.807, 2.05) is 0 Å². The molecular weight excluding hydrogens is 228 g/mol. The summed E-state index contributed by atoms with van der Waals surface area (Å²) in [5.41, 5.74) is 0.608. The number of aromatic nitrogens is 1. The van der Waals surface area contributed by atoms with Crippen molar-refractivity contribution < 1.29 is 14.6 Å². The standard InChI is InChI=1S/C10H14N2O3S/c13-9(14)4-8-6-16-10(12-8)11-7-2-1-3-15-5-7/h6-7H,1-5H2,(H,11,12)(H,13,14). The normalized spacial score (nSPS) is 20.6. The van der Waals surface area contributed by atoms with Crippen LogP contribution < -0.4 is 5.32 Å². The van der Waals surface area contributed by atoms with Crippen LogP contribution in [-0.2, 0) is 16.0 Å².